The molecule has 14 heavy (non-hydrogen) atoms. The minimum atomic E-state index is -1.01. The molecule has 5 nitrogen and oxygen atoms in total. The zero-order valence-corrected chi connectivity index (χ0v) is 8.41. The Kier molecular flexibility index (Phi) is 3.46. The van der Waals surface area contributed by atoms with Gasteiger partial charge in [-0.25, -0.2) is 0 Å². The standard InChI is InChI=1S/C9H16N2O3/c1-5-3-4-10-7(5)8(12)11-6(2)9(13)14/h5-7,10H,3-4H2,1-2H3,(H,11,12)(H,13,14)/t5?,6-,7?/m1/s1. The Morgan fingerprint density at radius 3 is 2.64 bits per heavy atom. The zero-order chi connectivity index (χ0) is 10.7. The molecule has 0 saturated carbocycles. The first kappa shape index (κ1) is 11.0. The largest absolute Gasteiger partial charge is 0.480 e. The molecule has 2 unspecified atom stereocenters. The highest BCUT2D eigenvalue weighted by Crippen LogP contribution is 2.14. The monoisotopic (exact) mass is 200 g/mol. The van der Waals surface area contributed by atoms with Gasteiger partial charge < -0.3 is 15.7 Å². The van der Waals surface area contributed by atoms with E-state index in [0.29, 0.717) is 0 Å². The van der Waals surface area contributed by atoms with Gasteiger partial charge in [0.05, 0.1) is 6.04 Å². The average Bonchev–Trinajstić information content (AvgIpc) is 2.51. The predicted molar refractivity (Wildman–Crippen MR) is 50.8 cm³/mol. The number of aliphatic carboxylic acids is 1. The molecule has 5 heteroatoms. The molecule has 80 valence electrons. The van der Waals surface area contributed by atoms with Crippen LogP contribution in [0.2, 0.25) is 0 Å². The van der Waals surface area contributed by atoms with E-state index in [2.05, 4.69) is 10.6 Å². The summed E-state index contributed by atoms with van der Waals surface area (Å²) in [5, 5.41) is 14.1. The molecule has 3 N–H and O–H groups in total. The fourth-order valence-corrected chi connectivity index (χ4v) is 1.55. The van der Waals surface area contributed by atoms with Crippen molar-refractivity contribution in [3.05, 3.63) is 0 Å². The number of carbonyl (C=O) groups excluding carboxylic acids is 1. The van der Waals surface area contributed by atoms with E-state index in [9.17, 15) is 9.59 Å². The predicted octanol–water partition coefficient (Wildman–Crippen LogP) is -0.426. The first-order valence-electron chi connectivity index (χ1n) is 4.79. The maximum absolute atomic E-state index is 11.5. The molecule has 0 aromatic heterocycles. The van der Waals surface area contributed by atoms with Gasteiger partial charge in [0.1, 0.15) is 6.04 Å². The molecule has 1 rings (SSSR count). The maximum Gasteiger partial charge on any atom is 0.325 e. The third-order valence-electron chi connectivity index (χ3n) is 2.54. The van der Waals surface area contributed by atoms with Crippen LogP contribution in [0.3, 0.4) is 0 Å². The molecule has 1 fully saturated rings. The lowest BCUT2D eigenvalue weighted by atomic mass is 10.0. The van der Waals surface area contributed by atoms with Gasteiger partial charge in [-0.1, -0.05) is 6.92 Å². The molecule has 1 aliphatic rings. The molecule has 0 aromatic carbocycles. The van der Waals surface area contributed by atoms with Gasteiger partial charge in [0.2, 0.25) is 5.91 Å². The molecular formula is C9H16N2O3. The van der Waals surface area contributed by atoms with Gasteiger partial charge in [0, 0.05) is 0 Å². The van der Waals surface area contributed by atoms with Crippen LogP contribution < -0.4 is 10.6 Å². The highest BCUT2D eigenvalue weighted by Gasteiger charge is 2.30. The van der Waals surface area contributed by atoms with Gasteiger partial charge in [-0.2, -0.15) is 0 Å². The third kappa shape index (κ3) is 2.45. The van der Waals surface area contributed by atoms with E-state index in [1.165, 1.54) is 6.92 Å². The summed E-state index contributed by atoms with van der Waals surface area (Å²) in [5.41, 5.74) is 0. The summed E-state index contributed by atoms with van der Waals surface area (Å²) in [5.74, 6) is -0.954. The van der Waals surface area contributed by atoms with E-state index < -0.39 is 12.0 Å². The van der Waals surface area contributed by atoms with Gasteiger partial charge in [0.25, 0.3) is 0 Å². The Balaban J connectivity index is 2.45. The first-order chi connectivity index (χ1) is 6.52. The summed E-state index contributed by atoms with van der Waals surface area (Å²) in [6, 6.07) is -1.06. The number of amides is 1. The van der Waals surface area contributed by atoms with Crippen molar-refractivity contribution in [1.82, 2.24) is 10.6 Å². The number of carboxylic acids is 1. The number of carboxylic acid groups (broad SMARTS) is 1. The van der Waals surface area contributed by atoms with Gasteiger partial charge in [0.15, 0.2) is 0 Å². The highest BCUT2D eigenvalue weighted by molar-refractivity contribution is 5.87. The van der Waals surface area contributed by atoms with Crippen LogP contribution in [0.25, 0.3) is 0 Å². The lowest BCUT2D eigenvalue weighted by Gasteiger charge is -2.17. The third-order valence-corrected chi connectivity index (χ3v) is 2.54. The molecule has 0 aliphatic carbocycles. The van der Waals surface area contributed by atoms with Crippen LogP contribution >= 0.6 is 0 Å². The molecule has 1 amide bonds. The SMILES string of the molecule is CC1CCNC1C(=O)N[C@H](C)C(=O)O. The van der Waals surface area contributed by atoms with Crippen molar-refractivity contribution >= 4 is 11.9 Å². The van der Waals surface area contributed by atoms with E-state index in [-0.39, 0.29) is 17.9 Å². The van der Waals surface area contributed by atoms with E-state index in [1.807, 2.05) is 6.92 Å². The van der Waals surface area contributed by atoms with Crippen molar-refractivity contribution in [3.63, 3.8) is 0 Å². The second-order valence-corrected chi connectivity index (χ2v) is 3.77. The van der Waals surface area contributed by atoms with Crippen molar-refractivity contribution in [2.24, 2.45) is 5.92 Å². The topological polar surface area (TPSA) is 78.4 Å². The minimum absolute atomic E-state index is 0.218. The Labute approximate surface area is 82.9 Å². The van der Waals surface area contributed by atoms with Crippen molar-refractivity contribution in [2.45, 2.75) is 32.4 Å². The lowest BCUT2D eigenvalue weighted by Crippen LogP contribution is -2.48. The molecule has 1 saturated heterocycles. The molecule has 0 aromatic rings. The number of nitrogens with one attached hydrogen (secondary N) is 2. The van der Waals surface area contributed by atoms with Crippen LogP contribution in [-0.2, 0) is 9.59 Å². The van der Waals surface area contributed by atoms with E-state index in [0.717, 1.165) is 13.0 Å². The van der Waals surface area contributed by atoms with Crippen molar-refractivity contribution < 1.29 is 14.7 Å². The normalized spacial score (nSPS) is 28.4. The molecule has 0 bridgehead atoms. The smallest absolute Gasteiger partial charge is 0.325 e. The average molecular weight is 200 g/mol. The summed E-state index contributed by atoms with van der Waals surface area (Å²) < 4.78 is 0. The fraction of sp³-hybridized carbons (Fsp3) is 0.778. The number of carbonyl (C=O) groups is 2. The van der Waals surface area contributed by atoms with Gasteiger partial charge in [-0.3, -0.25) is 9.59 Å². The summed E-state index contributed by atoms with van der Waals surface area (Å²) in [6.07, 6.45) is 0.958. The molecule has 1 aliphatic heterocycles. The minimum Gasteiger partial charge on any atom is -0.480 e. The summed E-state index contributed by atoms with van der Waals surface area (Å²) in [7, 11) is 0. The Morgan fingerprint density at radius 2 is 2.21 bits per heavy atom. The molecular weight excluding hydrogens is 184 g/mol. The van der Waals surface area contributed by atoms with E-state index in [1.54, 1.807) is 0 Å². The summed E-state index contributed by atoms with van der Waals surface area (Å²) in [4.78, 5) is 22.0. The number of hydrogen-bond acceptors (Lipinski definition) is 3. The van der Waals surface area contributed by atoms with Crippen LogP contribution in [0.15, 0.2) is 0 Å². The lowest BCUT2D eigenvalue weighted by molar-refractivity contribution is -0.141. The summed E-state index contributed by atoms with van der Waals surface area (Å²) in [6.45, 7) is 4.26. The van der Waals surface area contributed by atoms with Crippen molar-refractivity contribution in [1.29, 1.82) is 0 Å². The van der Waals surface area contributed by atoms with Crippen molar-refractivity contribution in [2.75, 3.05) is 6.54 Å². The Bertz CT molecular complexity index is 242. The molecule has 3 atom stereocenters. The van der Waals surface area contributed by atoms with E-state index in [4.69, 9.17) is 5.11 Å². The summed E-state index contributed by atoms with van der Waals surface area (Å²) >= 11 is 0. The van der Waals surface area contributed by atoms with Gasteiger partial charge in [-0.05, 0) is 25.8 Å². The zero-order valence-electron chi connectivity index (χ0n) is 8.41. The fourth-order valence-electron chi connectivity index (χ4n) is 1.55. The van der Waals surface area contributed by atoms with E-state index >= 15 is 0 Å². The van der Waals surface area contributed by atoms with Crippen LogP contribution in [0.1, 0.15) is 20.3 Å². The van der Waals surface area contributed by atoms with Crippen LogP contribution in [0.5, 0.6) is 0 Å². The number of hydrogen-bond donors (Lipinski definition) is 3. The Morgan fingerprint density at radius 1 is 1.57 bits per heavy atom. The maximum atomic E-state index is 11.5. The van der Waals surface area contributed by atoms with Crippen LogP contribution in [0.4, 0.5) is 0 Å². The Hall–Kier alpha value is -1.10. The highest BCUT2D eigenvalue weighted by atomic mass is 16.4. The second-order valence-electron chi connectivity index (χ2n) is 3.77. The second kappa shape index (κ2) is 4.41. The molecule has 0 radical (unpaired) electrons. The first-order valence-corrected chi connectivity index (χ1v) is 4.79. The molecule has 0 spiro atoms. The molecule has 1 heterocycles. The van der Waals surface area contributed by atoms with Crippen molar-refractivity contribution in [3.8, 4) is 0 Å². The van der Waals surface area contributed by atoms with Gasteiger partial charge in [-0.15, -0.1) is 0 Å². The number of rotatable bonds is 3. The van der Waals surface area contributed by atoms with Crippen LogP contribution in [0, 0.1) is 5.92 Å². The van der Waals surface area contributed by atoms with Crippen LogP contribution in [-0.4, -0.2) is 35.6 Å². The quantitative estimate of drug-likeness (QED) is 0.578. The van der Waals surface area contributed by atoms with Gasteiger partial charge >= 0.3 is 5.97 Å².